The maximum atomic E-state index is 10.0. The SMILES string of the molecule is CC.COc1cc2c(cc1O)CNCc1c(Nc3cccc(C#N)c3)ncnc1O2. The van der Waals surface area contributed by atoms with Crippen molar-refractivity contribution in [1.82, 2.24) is 15.3 Å². The van der Waals surface area contributed by atoms with Crippen LogP contribution in [0.2, 0.25) is 0 Å². The number of nitriles is 1. The number of hydrogen-bond donors (Lipinski definition) is 3. The summed E-state index contributed by atoms with van der Waals surface area (Å²) in [5, 5.41) is 25.6. The number of rotatable bonds is 3. The summed E-state index contributed by atoms with van der Waals surface area (Å²) in [6.07, 6.45) is 1.41. The minimum Gasteiger partial charge on any atom is -0.504 e. The van der Waals surface area contributed by atoms with E-state index in [0.717, 1.165) is 16.8 Å². The molecule has 1 aliphatic rings. The molecule has 3 N–H and O–H groups in total. The Kier molecular flexibility index (Phi) is 6.67. The zero-order valence-corrected chi connectivity index (χ0v) is 17.1. The number of hydrogen-bond acceptors (Lipinski definition) is 8. The fraction of sp³-hybridized carbons (Fsp3) is 0.227. The number of phenolic OH excluding ortho intramolecular Hbond substituents is 1. The Balaban J connectivity index is 0.00000124. The molecule has 4 rings (SSSR count). The molecule has 0 radical (unpaired) electrons. The second-order valence-corrected chi connectivity index (χ2v) is 6.16. The van der Waals surface area contributed by atoms with E-state index in [9.17, 15) is 5.11 Å². The van der Waals surface area contributed by atoms with E-state index >= 15 is 0 Å². The number of nitrogens with zero attached hydrogens (tertiary/aromatic N) is 3. The van der Waals surface area contributed by atoms with Gasteiger partial charge in [-0.3, -0.25) is 0 Å². The molecule has 0 bridgehead atoms. The number of phenols is 1. The zero-order valence-electron chi connectivity index (χ0n) is 17.1. The number of fused-ring (bicyclic) bond motifs is 2. The van der Waals surface area contributed by atoms with Crippen molar-refractivity contribution in [2.75, 3.05) is 12.4 Å². The molecule has 0 unspecified atom stereocenters. The van der Waals surface area contributed by atoms with Crippen LogP contribution in [0.5, 0.6) is 23.1 Å². The van der Waals surface area contributed by atoms with Crippen molar-refractivity contribution in [2.24, 2.45) is 0 Å². The van der Waals surface area contributed by atoms with E-state index in [2.05, 4.69) is 26.7 Å². The van der Waals surface area contributed by atoms with Crippen molar-refractivity contribution in [2.45, 2.75) is 26.9 Å². The first-order valence-corrected chi connectivity index (χ1v) is 9.57. The molecule has 154 valence electrons. The molecule has 0 spiro atoms. The second-order valence-electron chi connectivity index (χ2n) is 6.16. The Labute approximate surface area is 175 Å². The molecule has 3 aromatic rings. The quantitative estimate of drug-likeness (QED) is 0.593. The average Bonchev–Trinajstić information content (AvgIpc) is 2.77. The summed E-state index contributed by atoms with van der Waals surface area (Å²) in [7, 11) is 1.48. The van der Waals surface area contributed by atoms with Gasteiger partial charge in [0.15, 0.2) is 11.5 Å². The summed E-state index contributed by atoms with van der Waals surface area (Å²) in [4.78, 5) is 8.59. The molecule has 0 saturated heterocycles. The predicted octanol–water partition coefficient (Wildman–Crippen LogP) is 4.23. The van der Waals surface area contributed by atoms with Gasteiger partial charge >= 0.3 is 0 Å². The van der Waals surface area contributed by atoms with Gasteiger partial charge in [-0.05, 0) is 24.3 Å². The normalized spacial score (nSPS) is 11.8. The van der Waals surface area contributed by atoms with Crippen molar-refractivity contribution in [3.05, 3.63) is 59.4 Å². The van der Waals surface area contributed by atoms with Gasteiger partial charge in [0, 0.05) is 30.4 Å². The number of benzene rings is 2. The summed E-state index contributed by atoms with van der Waals surface area (Å²) in [5.74, 6) is 1.90. The van der Waals surface area contributed by atoms with Gasteiger partial charge in [0.05, 0.1) is 24.3 Å². The Morgan fingerprint density at radius 3 is 2.80 bits per heavy atom. The maximum Gasteiger partial charge on any atom is 0.228 e. The largest absolute Gasteiger partial charge is 0.504 e. The number of aromatic nitrogens is 2. The molecule has 0 amide bonds. The standard InChI is InChI=1S/C20H17N5O3.C2H6/c1-27-18-7-17-13(6-16(18)26)9-22-10-15-19(23-11-24-20(15)28-17)25-14-4-2-3-12(5-14)8-21;1-2/h2-7,11,22,26H,9-10H2,1H3,(H,23,24,25);1-2H3. The van der Waals surface area contributed by atoms with Gasteiger partial charge in [-0.1, -0.05) is 19.9 Å². The van der Waals surface area contributed by atoms with Gasteiger partial charge in [0.25, 0.3) is 0 Å². The summed E-state index contributed by atoms with van der Waals surface area (Å²) in [6.45, 7) is 4.95. The van der Waals surface area contributed by atoms with Crippen LogP contribution in [0.25, 0.3) is 0 Å². The van der Waals surface area contributed by atoms with E-state index < -0.39 is 0 Å². The van der Waals surface area contributed by atoms with E-state index in [1.807, 2.05) is 19.9 Å². The lowest BCUT2D eigenvalue weighted by molar-refractivity contribution is 0.365. The summed E-state index contributed by atoms with van der Waals surface area (Å²) < 4.78 is 11.2. The highest BCUT2D eigenvalue weighted by Crippen LogP contribution is 2.38. The van der Waals surface area contributed by atoms with E-state index in [4.69, 9.17) is 14.7 Å². The Morgan fingerprint density at radius 2 is 2.03 bits per heavy atom. The predicted molar refractivity (Wildman–Crippen MR) is 113 cm³/mol. The lowest BCUT2D eigenvalue weighted by atomic mass is 10.1. The van der Waals surface area contributed by atoms with E-state index in [1.54, 1.807) is 30.3 Å². The zero-order chi connectivity index (χ0) is 21.5. The first-order chi connectivity index (χ1) is 14.7. The summed E-state index contributed by atoms with van der Waals surface area (Å²) >= 11 is 0. The molecule has 0 saturated carbocycles. The number of nitrogens with one attached hydrogen (secondary N) is 2. The molecule has 1 aromatic heterocycles. The summed E-state index contributed by atoms with van der Waals surface area (Å²) in [5.41, 5.74) is 2.84. The number of methoxy groups -OCH3 is 1. The highest BCUT2D eigenvalue weighted by molar-refractivity contribution is 5.63. The minimum atomic E-state index is 0.0508. The molecule has 0 fully saturated rings. The number of ether oxygens (including phenoxy) is 2. The van der Waals surface area contributed by atoms with Crippen molar-refractivity contribution >= 4 is 11.5 Å². The average molecular weight is 405 g/mol. The van der Waals surface area contributed by atoms with Gasteiger partial charge in [-0.25, -0.2) is 9.97 Å². The first-order valence-electron chi connectivity index (χ1n) is 9.57. The van der Waals surface area contributed by atoms with Gasteiger partial charge in [0.2, 0.25) is 5.88 Å². The smallest absolute Gasteiger partial charge is 0.228 e. The molecule has 2 aromatic carbocycles. The molecule has 8 heteroatoms. The van der Waals surface area contributed by atoms with Crippen molar-refractivity contribution in [3.63, 3.8) is 0 Å². The van der Waals surface area contributed by atoms with Crippen molar-refractivity contribution < 1.29 is 14.6 Å². The van der Waals surface area contributed by atoms with Gasteiger partial charge in [-0.2, -0.15) is 5.26 Å². The lowest BCUT2D eigenvalue weighted by Gasteiger charge is -2.20. The number of anilines is 2. The van der Waals surface area contributed by atoms with Crippen LogP contribution in [0, 0.1) is 11.3 Å². The monoisotopic (exact) mass is 405 g/mol. The van der Waals surface area contributed by atoms with Crippen LogP contribution in [0.3, 0.4) is 0 Å². The molecule has 8 nitrogen and oxygen atoms in total. The Morgan fingerprint density at radius 1 is 1.20 bits per heavy atom. The molecular formula is C22H23N5O3. The second kappa shape index (κ2) is 9.58. The fourth-order valence-corrected chi connectivity index (χ4v) is 2.97. The molecule has 0 atom stereocenters. The molecular weight excluding hydrogens is 382 g/mol. The van der Waals surface area contributed by atoms with Crippen molar-refractivity contribution in [3.8, 4) is 29.2 Å². The van der Waals surface area contributed by atoms with Crippen LogP contribution in [-0.4, -0.2) is 22.2 Å². The molecule has 2 heterocycles. The van der Waals surface area contributed by atoms with E-state index in [1.165, 1.54) is 13.4 Å². The lowest BCUT2D eigenvalue weighted by Crippen LogP contribution is -2.18. The van der Waals surface area contributed by atoms with Crippen LogP contribution in [0.4, 0.5) is 11.5 Å². The third-order valence-corrected chi connectivity index (χ3v) is 4.35. The third-order valence-electron chi connectivity index (χ3n) is 4.35. The van der Waals surface area contributed by atoms with Crippen LogP contribution in [0.15, 0.2) is 42.7 Å². The van der Waals surface area contributed by atoms with Crippen LogP contribution in [-0.2, 0) is 13.1 Å². The highest BCUT2D eigenvalue weighted by atomic mass is 16.5. The maximum absolute atomic E-state index is 10.0. The first kappa shape index (κ1) is 20.9. The Bertz CT molecular complexity index is 1080. The van der Waals surface area contributed by atoms with Gasteiger partial charge < -0.3 is 25.2 Å². The van der Waals surface area contributed by atoms with Crippen molar-refractivity contribution in [1.29, 1.82) is 5.26 Å². The Hall–Kier alpha value is -3.83. The minimum absolute atomic E-state index is 0.0508. The molecule has 30 heavy (non-hydrogen) atoms. The fourth-order valence-electron chi connectivity index (χ4n) is 2.97. The van der Waals surface area contributed by atoms with E-state index in [0.29, 0.717) is 41.8 Å². The van der Waals surface area contributed by atoms with Crippen LogP contribution < -0.4 is 20.1 Å². The van der Waals surface area contributed by atoms with Gasteiger partial charge in [-0.15, -0.1) is 0 Å². The molecule has 0 aliphatic carbocycles. The molecule has 1 aliphatic heterocycles. The van der Waals surface area contributed by atoms with E-state index in [-0.39, 0.29) is 5.75 Å². The summed E-state index contributed by atoms with van der Waals surface area (Å²) in [6, 6.07) is 12.5. The van der Waals surface area contributed by atoms with Crippen LogP contribution in [0.1, 0.15) is 30.5 Å². The van der Waals surface area contributed by atoms with Gasteiger partial charge in [0.1, 0.15) is 17.9 Å². The highest BCUT2D eigenvalue weighted by Gasteiger charge is 2.20. The topological polar surface area (TPSA) is 112 Å². The third kappa shape index (κ3) is 4.42. The van der Waals surface area contributed by atoms with Crippen LogP contribution >= 0.6 is 0 Å². The number of aromatic hydroxyl groups is 1.